The first-order valence-corrected chi connectivity index (χ1v) is 24.7. The van der Waals surface area contributed by atoms with Gasteiger partial charge in [-0.25, -0.2) is 0 Å². The van der Waals surface area contributed by atoms with Gasteiger partial charge in [0.15, 0.2) is 16.6 Å². The lowest BCUT2D eigenvalue weighted by Crippen LogP contribution is -2.59. The van der Waals surface area contributed by atoms with Crippen molar-refractivity contribution < 1.29 is 16.5 Å². The van der Waals surface area contributed by atoms with Gasteiger partial charge in [0.25, 0.3) is 0 Å². The second kappa shape index (κ2) is 9.42. The van der Waals surface area contributed by atoms with Crippen molar-refractivity contribution in [3.8, 4) is 0 Å². The third kappa shape index (κ3) is 13.7. The Morgan fingerprint density at radius 3 is 1.16 bits per heavy atom. The predicted molar refractivity (Wildman–Crippen MR) is 122 cm³/mol. The minimum atomic E-state index is -2.34. The minimum absolute atomic E-state index is 1.03. The summed E-state index contributed by atoms with van der Waals surface area (Å²) in [7, 11) is -10.0. The number of hydrogen-bond donors (Lipinski definition) is 0. The molecule has 9 heteroatoms. The van der Waals surface area contributed by atoms with Crippen LogP contribution in [0.4, 0.5) is 0 Å². The maximum Gasteiger partial charge on any atom is 0.317 e. The summed E-state index contributed by atoms with van der Waals surface area (Å²) >= 11 is 0. The van der Waals surface area contributed by atoms with Crippen molar-refractivity contribution in [1.82, 2.24) is 0 Å². The molecule has 0 radical (unpaired) electrons. The summed E-state index contributed by atoms with van der Waals surface area (Å²) in [6, 6.07) is 1.03. The molecule has 0 saturated carbocycles. The molecule has 0 aromatic carbocycles. The van der Waals surface area contributed by atoms with Gasteiger partial charge in [-0.3, -0.25) is 0 Å². The van der Waals surface area contributed by atoms with Crippen LogP contribution in [0.1, 0.15) is 26.2 Å². The Bertz CT molecular complexity index is 372. The molecule has 0 aromatic heterocycles. The first-order chi connectivity index (χ1) is 10.9. The van der Waals surface area contributed by atoms with Crippen LogP contribution in [0.3, 0.4) is 0 Å². The third-order valence-corrected chi connectivity index (χ3v) is 20.7. The van der Waals surface area contributed by atoms with Gasteiger partial charge in [0.05, 0.1) is 0 Å². The van der Waals surface area contributed by atoms with Crippen molar-refractivity contribution in [3.63, 3.8) is 0 Å². The lowest BCUT2D eigenvalue weighted by atomic mass is 10.3. The zero-order chi connectivity index (χ0) is 20.2. The highest BCUT2D eigenvalue weighted by molar-refractivity contribution is 6.90. The average molecular weight is 441 g/mol. The van der Waals surface area contributed by atoms with Gasteiger partial charge < -0.3 is 16.5 Å². The molecule has 0 aliphatic carbocycles. The molecular weight excluding hydrogens is 397 g/mol. The summed E-state index contributed by atoms with van der Waals surface area (Å²) in [5.74, 6) is 0. The Morgan fingerprint density at radius 2 is 0.880 bits per heavy atom. The van der Waals surface area contributed by atoms with Crippen LogP contribution < -0.4 is 0 Å². The molecule has 0 atom stereocenters. The van der Waals surface area contributed by atoms with Crippen LogP contribution in [0.25, 0.3) is 0 Å². The van der Waals surface area contributed by atoms with E-state index >= 15 is 0 Å². The molecule has 0 spiro atoms. The summed E-state index contributed by atoms with van der Waals surface area (Å²) in [5.41, 5.74) is 0. The van der Waals surface area contributed by atoms with Crippen LogP contribution in [0.2, 0.25) is 78.1 Å². The van der Waals surface area contributed by atoms with E-state index in [-0.39, 0.29) is 0 Å². The third-order valence-electron chi connectivity index (χ3n) is 3.26. The molecule has 0 bridgehead atoms. The van der Waals surface area contributed by atoms with Crippen molar-refractivity contribution in [2.75, 3.05) is 0 Å². The van der Waals surface area contributed by atoms with Crippen molar-refractivity contribution in [1.29, 1.82) is 0 Å². The van der Waals surface area contributed by atoms with Crippen LogP contribution in [-0.2, 0) is 16.5 Å². The standard InChI is InChI=1S/C16H44O4Si5/c1-13-14-15-16-25(12,19-23(8,9)17-21(2,3)4)20-24(10,11)18-22(5,6)7/h13-16H2,1-12H3. The van der Waals surface area contributed by atoms with Crippen molar-refractivity contribution in [3.05, 3.63) is 0 Å². The molecule has 0 amide bonds. The van der Waals surface area contributed by atoms with E-state index in [9.17, 15) is 0 Å². The van der Waals surface area contributed by atoms with E-state index in [1.807, 2.05) is 0 Å². The smallest absolute Gasteiger partial charge is 0.317 e. The fraction of sp³-hybridized carbons (Fsp3) is 1.00. The van der Waals surface area contributed by atoms with Crippen LogP contribution >= 0.6 is 0 Å². The Balaban J connectivity index is 5.29. The van der Waals surface area contributed by atoms with Gasteiger partial charge in [0.2, 0.25) is 0 Å². The number of unbranched alkanes of at least 4 members (excludes halogenated alkanes) is 2. The molecule has 0 fully saturated rings. The van der Waals surface area contributed by atoms with E-state index in [2.05, 4.69) is 78.9 Å². The van der Waals surface area contributed by atoms with Gasteiger partial charge in [-0.05, 0) is 78.1 Å². The van der Waals surface area contributed by atoms with Crippen molar-refractivity contribution >= 4 is 42.3 Å². The summed E-state index contributed by atoms with van der Waals surface area (Å²) < 4.78 is 26.3. The minimum Gasteiger partial charge on any atom is -0.437 e. The fourth-order valence-corrected chi connectivity index (χ4v) is 26.8. The Kier molecular flexibility index (Phi) is 9.76. The summed E-state index contributed by atoms with van der Waals surface area (Å²) in [6.45, 7) is 26.5. The van der Waals surface area contributed by atoms with Gasteiger partial charge in [-0.2, -0.15) is 0 Å². The van der Waals surface area contributed by atoms with E-state index in [0.717, 1.165) is 12.5 Å². The van der Waals surface area contributed by atoms with Crippen LogP contribution in [0.15, 0.2) is 0 Å². The molecule has 152 valence electrons. The first-order valence-electron chi connectivity index (χ1n) is 9.69. The molecule has 0 aliphatic rings. The molecule has 0 N–H and O–H groups in total. The van der Waals surface area contributed by atoms with E-state index in [0.29, 0.717) is 0 Å². The lowest BCUT2D eigenvalue weighted by molar-refractivity contribution is 0.292. The van der Waals surface area contributed by atoms with Gasteiger partial charge in [0, 0.05) is 0 Å². The molecule has 4 nitrogen and oxygen atoms in total. The van der Waals surface area contributed by atoms with Crippen LogP contribution in [0.5, 0.6) is 0 Å². The van der Waals surface area contributed by atoms with Crippen molar-refractivity contribution in [2.45, 2.75) is 104 Å². The maximum absolute atomic E-state index is 6.74. The Morgan fingerprint density at radius 1 is 0.520 bits per heavy atom. The van der Waals surface area contributed by atoms with Gasteiger partial charge in [-0.1, -0.05) is 26.2 Å². The highest BCUT2D eigenvalue weighted by Crippen LogP contribution is 2.29. The largest absolute Gasteiger partial charge is 0.437 e. The molecule has 0 aliphatic heterocycles. The summed E-state index contributed by atoms with van der Waals surface area (Å²) in [6.07, 6.45) is 3.60. The highest BCUT2D eigenvalue weighted by Gasteiger charge is 2.46. The molecular formula is C16H44O4Si5. The van der Waals surface area contributed by atoms with Crippen molar-refractivity contribution in [2.24, 2.45) is 0 Å². The van der Waals surface area contributed by atoms with Gasteiger partial charge in [0.1, 0.15) is 0 Å². The van der Waals surface area contributed by atoms with Gasteiger partial charge >= 0.3 is 25.7 Å². The topological polar surface area (TPSA) is 36.9 Å². The van der Waals surface area contributed by atoms with Crippen LogP contribution in [0, 0.1) is 0 Å². The zero-order valence-electron chi connectivity index (χ0n) is 19.0. The summed E-state index contributed by atoms with van der Waals surface area (Å²) in [5, 5.41) is 0. The normalized spacial score (nSPS) is 14.9. The van der Waals surface area contributed by atoms with Crippen LogP contribution in [-0.4, -0.2) is 42.3 Å². The molecule has 0 aromatic rings. The molecule has 0 saturated heterocycles. The quantitative estimate of drug-likeness (QED) is 0.260. The molecule has 0 heterocycles. The van der Waals surface area contributed by atoms with E-state index in [1.54, 1.807) is 0 Å². The predicted octanol–water partition coefficient (Wildman–Crippen LogP) is 6.39. The second-order valence-electron chi connectivity index (χ2n) is 10.0. The Hall–Kier alpha value is 0.924. The SMILES string of the molecule is CCCCC[Si](C)(O[Si](C)(C)O[Si](C)(C)C)O[Si](C)(C)O[Si](C)(C)C. The molecule has 0 rings (SSSR count). The average Bonchev–Trinajstić information content (AvgIpc) is 2.18. The monoisotopic (exact) mass is 440 g/mol. The lowest BCUT2D eigenvalue weighted by Gasteiger charge is -2.43. The maximum atomic E-state index is 6.74. The number of rotatable bonds is 12. The summed E-state index contributed by atoms with van der Waals surface area (Å²) in [4.78, 5) is 0. The molecule has 0 unspecified atom stereocenters. The molecule has 25 heavy (non-hydrogen) atoms. The van der Waals surface area contributed by atoms with E-state index in [4.69, 9.17) is 16.5 Å². The first kappa shape index (κ1) is 25.9. The fourth-order valence-electron chi connectivity index (χ4n) is 3.38. The zero-order valence-corrected chi connectivity index (χ0v) is 24.0. The highest BCUT2D eigenvalue weighted by atomic mass is 28.5. The van der Waals surface area contributed by atoms with E-state index < -0.39 is 42.3 Å². The van der Waals surface area contributed by atoms with E-state index in [1.165, 1.54) is 12.8 Å². The second-order valence-corrected chi connectivity index (χ2v) is 30.1. The van der Waals surface area contributed by atoms with Gasteiger partial charge in [-0.15, -0.1) is 0 Å². The number of hydrogen-bond acceptors (Lipinski definition) is 4. The Labute approximate surface area is 163 Å².